The van der Waals surface area contributed by atoms with Crippen LogP contribution in [-0.4, -0.2) is 33.8 Å². The molecule has 1 atom stereocenters. The van der Waals surface area contributed by atoms with Crippen molar-refractivity contribution in [1.29, 1.82) is 0 Å². The second-order valence-corrected chi connectivity index (χ2v) is 10.2. The van der Waals surface area contributed by atoms with Crippen molar-refractivity contribution in [2.75, 3.05) is 13.2 Å². The van der Waals surface area contributed by atoms with Crippen LogP contribution >= 0.6 is 0 Å². The molecule has 0 spiro atoms. The maximum Gasteiger partial charge on any atom is 0.119 e. The minimum absolute atomic E-state index is 0.280. The highest BCUT2D eigenvalue weighted by molar-refractivity contribution is 5.50. The summed E-state index contributed by atoms with van der Waals surface area (Å²) in [6, 6.07) is 13.1. The molecule has 5 nitrogen and oxygen atoms in total. The van der Waals surface area contributed by atoms with Gasteiger partial charge in [-0.1, -0.05) is 18.2 Å². The van der Waals surface area contributed by atoms with Crippen LogP contribution in [0.1, 0.15) is 86.1 Å². The molecule has 1 saturated heterocycles. The first-order chi connectivity index (χ1) is 16.3. The Morgan fingerprint density at radius 1 is 0.879 bits per heavy atom. The summed E-state index contributed by atoms with van der Waals surface area (Å²) in [5.41, 5.74) is 4.89. The molecule has 3 fully saturated rings. The van der Waals surface area contributed by atoms with Gasteiger partial charge in [-0.25, -0.2) is 4.98 Å². The minimum Gasteiger partial charge on any atom is -0.490 e. The molecule has 3 heterocycles. The van der Waals surface area contributed by atoms with Crippen molar-refractivity contribution in [3.8, 4) is 5.75 Å². The smallest absolute Gasteiger partial charge is 0.119 e. The molecule has 5 heteroatoms. The summed E-state index contributed by atoms with van der Waals surface area (Å²) in [6.07, 6.45) is 12.4. The zero-order valence-electron chi connectivity index (χ0n) is 19.2. The molecule has 33 heavy (non-hydrogen) atoms. The number of fused-ring (bicyclic) bond motifs is 1. The van der Waals surface area contributed by atoms with E-state index < -0.39 is 6.10 Å². The van der Waals surface area contributed by atoms with Crippen molar-refractivity contribution in [3.63, 3.8) is 0 Å². The Kier molecular flexibility index (Phi) is 5.85. The maximum absolute atomic E-state index is 11.5. The quantitative estimate of drug-likeness (QED) is 0.522. The molecule has 2 aromatic heterocycles. The van der Waals surface area contributed by atoms with E-state index in [1.54, 1.807) is 0 Å². The van der Waals surface area contributed by atoms with E-state index in [0.29, 0.717) is 17.8 Å². The maximum atomic E-state index is 11.5. The SMILES string of the molecule is OC(c1c(C2CC2)ccc2cncn12)C1CCC(c2ccc(OC3CCOCC3)cc2)CC1. The van der Waals surface area contributed by atoms with E-state index in [9.17, 15) is 5.11 Å². The van der Waals surface area contributed by atoms with Gasteiger partial charge in [0.25, 0.3) is 0 Å². The van der Waals surface area contributed by atoms with E-state index in [-0.39, 0.29) is 6.10 Å². The van der Waals surface area contributed by atoms with Gasteiger partial charge in [0.1, 0.15) is 11.9 Å². The number of pyridine rings is 1. The largest absolute Gasteiger partial charge is 0.490 e. The Balaban J connectivity index is 1.11. The highest BCUT2D eigenvalue weighted by Gasteiger charge is 2.34. The summed E-state index contributed by atoms with van der Waals surface area (Å²) in [7, 11) is 0. The van der Waals surface area contributed by atoms with Crippen molar-refractivity contribution < 1.29 is 14.6 Å². The van der Waals surface area contributed by atoms with E-state index >= 15 is 0 Å². The molecule has 3 aliphatic rings. The third-order valence-corrected chi connectivity index (χ3v) is 7.99. The first-order valence-electron chi connectivity index (χ1n) is 12.7. The summed E-state index contributed by atoms with van der Waals surface area (Å²) < 4.78 is 13.7. The van der Waals surface area contributed by atoms with Gasteiger partial charge in [0, 0.05) is 12.8 Å². The lowest BCUT2D eigenvalue weighted by molar-refractivity contribution is 0.0255. The first-order valence-corrected chi connectivity index (χ1v) is 12.7. The lowest BCUT2D eigenvalue weighted by Crippen LogP contribution is -2.25. The summed E-state index contributed by atoms with van der Waals surface area (Å²) in [5.74, 6) is 2.45. The lowest BCUT2D eigenvalue weighted by atomic mass is 9.75. The molecule has 0 bridgehead atoms. The van der Waals surface area contributed by atoms with Gasteiger partial charge in [-0.15, -0.1) is 0 Å². The monoisotopic (exact) mass is 446 g/mol. The molecule has 6 rings (SSSR count). The third kappa shape index (κ3) is 4.41. The number of imidazole rings is 1. The normalized spacial score (nSPS) is 25.2. The fraction of sp³-hybridized carbons (Fsp3) is 0.536. The molecule has 0 radical (unpaired) electrons. The number of aliphatic hydroxyl groups excluding tert-OH is 1. The van der Waals surface area contributed by atoms with Crippen LogP contribution in [0.4, 0.5) is 0 Å². The van der Waals surface area contributed by atoms with Gasteiger partial charge in [0.2, 0.25) is 0 Å². The van der Waals surface area contributed by atoms with Crippen LogP contribution in [0.5, 0.6) is 5.75 Å². The van der Waals surface area contributed by atoms with Gasteiger partial charge >= 0.3 is 0 Å². The Morgan fingerprint density at radius 3 is 2.33 bits per heavy atom. The lowest BCUT2D eigenvalue weighted by Gasteiger charge is -2.33. The predicted octanol–water partition coefficient (Wildman–Crippen LogP) is 5.78. The summed E-state index contributed by atoms with van der Waals surface area (Å²) in [4.78, 5) is 4.34. The van der Waals surface area contributed by atoms with Crippen molar-refractivity contribution >= 4 is 5.52 Å². The van der Waals surface area contributed by atoms with Crippen LogP contribution in [0, 0.1) is 5.92 Å². The first kappa shape index (κ1) is 21.2. The summed E-state index contributed by atoms with van der Waals surface area (Å²) in [6.45, 7) is 1.60. The number of nitrogens with zero attached hydrogens (tertiary/aromatic N) is 2. The highest BCUT2D eigenvalue weighted by Crippen LogP contribution is 2.47. The molecule has 1 aromatic carbocycles. The van der Waals surface area contributed by atoms with Crippen LogP contribution in [-0.2, 0) is 4.74 Å². The topological polar surface area (TPSA) is 56.0 Å². The zero-order chi connectivity index (χ0) is 22.2. The molecule has 1 aliphatic heterocycles. The molecule has 2 aliphatic carbocycles. The average molecular weight is 447 g/mol. The minimum atomic E-state index is -0.422. The number of ether oxygens (including phenoxy) is 2. The van der Waals surface area contributed by atoms with Crippen molar-refractivity contribution in [2.24, 2.45) is 5.92 Å². The third-order valence-electron chi connectivity index (χ3n) is 7.99. The van der Waals surface area contributed by atoms with Crippen LogP contribution in [0.2, 0.25) is 0 Å². The number of aliphatic hydroxyl groups is 1. The fourth-order valence-corrected chi connectivity index (χ4v) is 5.88. The summed E-state index contributed by atoms with van der Waals surface area (Å²) >= 11 is 0. The molecular weight excluding hydrogens is 412 g/mol. The Bertz CT molecular complexity index is 1070. The van der Waals surface area contributed by atoms with Gasteiger partial charge in [0.05, 0.1) is 43.1 Å². The number of benzene rings is 1. The molecule has 174 valence electrons. The van der Waals surface area contributed by atoms with Gasteiger partial charge in [-0.05, 0) is 85.6 Å². The van der Waals surface area contributed by atoms with Gasteiger partial charge in [0.15, 0.2) is 0 Å². The van der Waals surface area contributed by atoms with Crippen molar-refractivity contribution in [2.45, 2.75) is 75.4 Å². The standard InChI is InChI=1S/C28H34N2O3/c31-28(27-26(21-3-4-21)12-9-23-17-29-18-30(23)27)22-5-1-19(2-6-22)20-7-10-24(11-8-20)33-25-13-15-32-16-14-25/h7-12,17-19,21-22,25,28,31H,1-6,13-16H2. The molecule has 2 saturated carbocycles. The van der Waals surface area contributed by atoms with Gasteiger partial charge in [-0.2, -0.15) is 0 Å². The van der Waals surface area contributed by atoms with E-state index in [1.165, 1.54) is 24.0 Å². The number of rotatable bonds is 6. The zero-order valence-corrected chi connectivity index (χ0v) is 19.2. The number of hydrogen-bond donors (Lipinski definition) is 1. The molecule has 0 amide bonds. The van der Waals surface area contributed by atoms with Gasteiger partial charge < -0.3 is 19.0 Å². The van der Waals surface area contributed by atoms with E-state index in [0.717, 1.165) is 68.7 Å². The van der Waals surface area contributed by atoms with Gasteiger partial charge in [-0.3, -0.25) is 0 Å². The second kappa shape index (κ2) is 9.11. The van der Waals surface area contributed by atoms with Crippen LogP contribution < -0.4 is 4.74 Å². The van der Waals surface area contributed by atoms with Crippen LogP contribution in [0.3, 0.4) is 0 Å². The number of hydrogen-bond acceptors (Lipinski definition) is 4. The number of aromatic nitrogens is 2. The molecule has 1 N–H and O–H groups in total. The Labute approximate surface area is 195 Å². The van der Waals surface area contributed by atoms with Crippen LogP contribution in [0.25, 0.3) is 5.52 Å². The molecule has 3 aromatic rings. The second-order valence-electron chi connectivity index (χ2n) is 10.2. The average Bonchev–Trinajstić information content (AvgIpc) is 3.60. The molecule has 1 unspecified atom stereocenters. The predicted molar refractivity (Wildman–Crippen MR) is 128 cm³/mol. The molecular formula is C28H34N2O3. The van der Waals surface area contributed by atoms with E-state index in [2.05, 4.69) is 45.8 Å². The Morgan fingerprint density at radius 2 is 1.61 bits per heavy atom. The van der Waals surface area contributed by atoms with Crippen LogP contribution in [0.15, 0.2) is 48.9 Å². The highest BCUT2D eigenvalue weighted by atomic mass is 16.5. The Hall–Kier alpha value is -2.37. The van der Waals surface area contributed by atoms with Crippen molar-refractivity contribution in [3.05, 3.63) is 65.7 Å². The fourth-order valence-electron chi connectivity index (χ4n) is 5.88. The van der Waals surface area contributed by atoms with Crippen molar-refractivity contribution in [1.82, 2.24) is 9.38 Å². The van der Waals surface area contributed by atoms with E-state index in [1.807, 2.05) is 12.5 Å². The summed E-state index contributed by atoms with van der Waals surface area (Å²) in [5, 5.41) is 11.5. The van der Waals surface area contributed by atoms with E-state index in [4.69, 9.17) is 9.47 Å².